The Morgan fingerprint density at radius 3 is 2.45 bits per heavy atom. The Morgan fingerprint density at radius 2 is 1.95 bits per heavy atom. The van der Waals surface area contributed by atoms with Gasteiger partial charge in [-0.2, -0.15) is 0 Å². The highest BCUT2D eigenvalue weighted by atomic mass is 16.3. The van der Waals surface area contributed by atoms with Crippen molar-refractivity contribution in [1.82, 2.24) is 10.2 Å². The van der Waals surface area contributed by atoms with Crippen LogP contribution in [0.1, 0.15) is 39.2 Å². The second-order valence-corrected chi connectivity index (χ2v) is 7.21. The van der Waals surface area contributed by atoms with Crippen LogP contribution in [0.3, 0.4) is 0 Å². The largest absolute Gasteiger partial charge is 0.395 e. The number of rotatable bonds is 6. The molecule has 1 saturated carbocycles. The van der Waals surface area contributed by atoms with E-state index in [0.29, 0.717) is 12.6 Å². The Labute approximate surface area is 133 Å². The minimum absolute atomic E-state index is 0.0167. The van der Waals surface area contributed by atoms with Gasteiger partial charge in [-0.25, -0.2) is 4.79 Å². The highest BCUT2D eigenvalue weighted by Gasteiger charge is 2.34. The second-order valence-electron chi connectivity index (χ2n) is 7.21. The molecular weight excluding hydrogens is 276 g/mol. The highest BCUT2D eigenvalue weighted by Crippen LogP contribution is 2.28. The van der Waals surface area contributed by atoms with Crippen molar-refractivity contribution in [2.75, 3.05) is 13.2 Å². The summed E-state index contributed by atoms with van der Waals surface area (Å²) in [6.07, 6.45) is 2.91. The third-order valence-corrected chi connectivity index (χ3v) is 4.22. The molecule has 1 aliphatic carbocycles. The van der Waals surface area contributed by atoms with Gasteiger partial charge in [0.2, 0.25) is 0 Å². The average Bonchev–Trinajstić information content (AvgIpc) is 3.28. The SMILES string of the molecule is CC(C)(C)C(Cc1ccccc1)NC(=O)N(CCO)C1CC1. The van der Waals surface area contributed by atoms with Gasteiger partial charge in [-0.3, -0.25) is 0 Å². The molecule has 2 N–H and O–H groups in total. The lowest BCUT2D eigenvalue weighted by Crippen LogP contribution is -2.51. The molecule has 4 nitrogen and oxygen atoms in total. The van der Waals surface area contributed by atoms with Crippen molar-refractivity contribution in [1.29, 1.82) is 0 Å². The highest BCUT2D eigenvalue weighted by molar-refractivity contribution is 5.75. The maximum absolute atomic E-state index is 12.6. The lowest BCUT2D eigenvalue weighted by molar-refractivity contribution is 0.160. The van der Waals surface area contributed by atoms with Crippen LogP contribution in [-0.2, 0) is 6.42 Å². The minimum Gasteiger partial charge on any atom is -0.395 e. The van der Waals surface area contributed by atoms with Crippen molar-refractivity contribution in [2.45, 2.75) is 52.1 Å². The number of carbonyl (C=O) groups excluding carboxylic acids is 1. The molecule has 0 aromatic heterocycles. The molecule has 4 heteroatoms. The van der Waals surface area contributed by atoms with E-state index in [0.717, 1.165) is 19.3 Å². The maximum Gasteiger partial charge on any atom is 0.317 e. The molecule has 1 aromatic carbocycles. The molecule has 1 unspecified atom stereocenters. The molecule has 0 heterocycles. The minimum atomic E-state index is -0.0487. The third kappa shape index (κ3) is 4.73. The van der Waals surface area contributed by atoms with Gasteiger partial charge in [-0.05, 0) is 30.2 Å². The van der Waals surface area contributed by atoms with Crippen LogP contribution in [0.5, 0.6) is 0 Å². The van der Waals surface area contributed by atoms with E-state index in [1.54, 1.807) is 4.90 Å². The van der Waals surface area contributed by atoms with Crippen LogP contribution in [0.25, 0.3) is 0 Å². The number of amides is 2. The first kappa shape index (κ1) is 16.8. The topological polar surface area (TPSA) is 52.6 Å². The van der Waals surface area contributed by atoms with Gasteiger partial charge in [0, 0.05) is 18.6 Å². The predicted octanol–water partition coefficient (Wildman–Crippen LogP) is 2.81. The van der Waals surface area contributed by atoms with Crippen LogP contribution in [0.4, 0.5) is 4.79 Å². The van der Waals surface area contributed by atoms with Crippen LogP contribution >= 0.6 is 0 Å². The van der Waals surface area contributed by atoms with E-state index in [1.807, 2.05) is 18.2 Å². The monoisotopic (exact) mass is 304 g/mol. The average molecular weight is 304 g/mol. The van der Waals surface area contributed by atoms with E-state index >= 15 is 0 Å². The number of hydrogen-bond acceptors (Lipinski definition) is 2. The molecule has 1 atom stereocenters. The molecule has 0 spiro atoms. The number of aliphatic hydroxyl groups excluding tert-OH is 1. The molecule has 1 aromatic rings. The van der Waals surface area contributed by atoms with Crippen molar-refractivity contribution in [2.24, 2.45) is 5.41 Å². The Morgan fingerprint density at radius 1 is 1.32 bits per heavy atom. The normalized spacial score (nSPS) is 16.2. The predicted molar refractivity (Wildman–Crippen MR) is 88.7 cm³/mol. The summed E-state index contributed by atoms with van der Waals surface area (Å²) in [6.45, 7) is 6.87. The number of carbonyl (C=O) groups is 1. The number of urea groups is 1. The van der Waals surface area contributed by atoms with Crippen molar-refractivity contribution in [3.05, 3.63) is 35.9 Å². The molecule has 22 heavy (non-hydrogen) atoms. The van der Waals surface area contributed by atoms with E-state index in [4.69, 9.17) is 5.11 Å². The Hall–Kier alpha value is -1.55. The summed E-state index contributed by atoms with van der Waals surface area (Å²) in [7, 11) is 0. The summed E-state index contributed by atoms with van der Waals surface area (Å²) < 4.78 is 0. The number of hydrogen-bond donors (Lipinski definition) is 2. The number of nitrogens with zero attached hydrogens (tertiary/aromatic N) is 1. The third-order valence-electron chi connectivity index (χ3n) is 4.22. The summed E-state index contributed by atoms with van der Waals surface area (Å²) in [6, 6.07) is 10.6. The van der Waals surface area contributed by atoms with Gasteiger partial charge >= 0.3 is 6.03 Å². The zero-order valence-corrected chi connectivity index (χ0v) is 13.9. The summed E-state index contributed by atoms with van der Waals surface area (Å²) in [5.74, 6) is 0. The first-order valence-corrected chi connectivity index (χ1v) is 8.13. The first-order valence-electron chi connectivity index (χ1n) is 8.13. The van der Waals surface area contributed by atoms with Gasteiger partial charge in [0.15, 0.2) is 0 Å². The quantitative estimate of drug-likeness (QED) is 0.849. The van der Waals surface area contributed by atoms with Crippen LogP contribution < -0.4 is 5.32 Å². The standard InChI is InChI=1S/C18H28N2O2/c1-18(2,3)16(13-14-7-5-4-6-8-14)19-17(22)20(11-12-21)15-9-10-15/h4-8,15-16,21H,9-13H2,1-3H3,(H,19,22). The Balaban J connectivity index is 2.04. The summed E-state index contributed by atoms with van der Waals surface area (Å²) in [5.41, 5.74) is 1.20. The van der Waals surface area contributed by atoms with Gasteiger partial charge in [-0.15, -0.1) is 0 Å². The van der Waals surface area contributed by atoms with Crippen LogP contribution in [0.2, 0.25) is 0 Å². The molecule has 1 fully saturated rings. The van der Waals surface area contributed by atoms with E-state index < -0.39 is 0 Å². The molecule has 0 bridgehead atoms. The van der Waals surface area contributed by atoms with E-state index in [2.05, 4.69) is 38.2 Å². The molecule has 0 radical (unpaired) electrons. The zero-order valence-electron chi connectivity index (χ0n) is 13.9. The molecular formula is C18H28N2O2. The summed E-state index contributed by atoms with van der Waals surface area (Å²) >= 11 is 0. The lowest BCUT2D eigenvalue weighted by atomic mass is 9.83. The van der Waals surface area contributed by atoms with Gasteiger partial charge in [0.05, 0.1) is 6.61 Å². The van der Waals surface area contributed by atoms with Crippen LogP contribution in [-0.4, -0.2) is 41.3 Å². The number of aliphatic hydroxyl groups is 1. The Kier molecular flexibility index (Phi) is 5.46. The van der Waals surface area contributed by atoms with Crippen molar-refractivity contribution in [3.8, 4) is 0 Å². The van der Waals surface area contributed by atoms with Gasteiger partial charge in [-0.1, -0.05) is 51.1 Å². The number of nitrogens with one attached hydrogen (secondary N) is 1. The Bertz CT molecular complexity index is 478. The molecule has 2 amide bonds. The van der Waals surface area contributed by atoms with Gasteiger partial charge in [0.1, 0.15) is 0 Å². The number of benzene rings is 1. The molecule has 2 rings (SSSR count). The summed E-state index contributed by atoms with van der Waals surface area (Å²) in [5, 5.41) is 12.4. The van der Waals surface area contributed by atoms with E-state index in [1.165, 1.54) is 5.56 Å². The van der Waals surface area contributed by atoms with E-state index in [-0.39, 0.29) is 24.1 Å². The fourth-order valence-corrected chi connectivity index (χ4v) is 2.60. The van der Waals surface area contributed by atoms with Crippen molar-refractivity contribution < 1.29 is 9.90 Å². The fraction of sp³-hybridized carbons (Fsp3) is 0.611. The smallest absolute Gasteiger partial charge is 0.317 e. The molecule has 122 valence electrons. The fourth-order valence-electron chi connectivity index (χ4n) is 2.60. The molecule has 1 aliphatic rings. The lowest BCUT2D eigenvalue weighted by Gasteiger charge is -2.34. The van der Waals surface area contributed by atoms with Crippen molar-refractivity contribution in [3.63, 3.8) is 0 Å². The van der Waals surface area contributed by atoms with E-state index in [9.17, 15) is 4.79 Å². The maximum atomic E-state index is 12.6. The second kappa shape index (κ2) is 7.14. The zero-order chi connectivity index (χ0) is 16.2. The van der Waals surface area contributed by atoms with Crippen LogP contribution in [0, 0.1) is 5.41 Å². The summed E-state index contributed by atoms with van der Waals surface area (Å²) in [4.78, 5) is 14.3. The molecule has 0 aliphatic heterocycles. The molecule has 0 saturated heterocycles. The van der Waals surface area contributed by atoms with Crippen LogP contribution in [0.15, 0.2) is 30.3 Å². The van der Waals surface area contributed by atoms with Crippen molar-refractivity contribution >= 4 is 6.03 Å². The first-order chi connectivity index (χ1) is 10.4. The van der Waals surface area contributed by atoms with Gasteiger partial charge < -0.3 is 15.3 Å². The van der Waals surface area contributed by atoms with Gasteiger partial charge in [0.25, 0.3) is 0 Å².